The SMILES string of the molecule is CC1CC(C(=O)O)CCN1c1ncccc1C(F)(F)F. The standard InChI is InChI=1S/C13H15F3N2O2/c1-8-7-9(12(19)20)4-6-18(8)11-10(13(14,15)16)3-2-5-17-11/h2-3,5,8-9H,4,6-7H2,1H3,(H,19,20). The van der Waals surface area contributed by atoms with Gasteiger partial charge >= 0.3 is 12.1 Å². The average Bonchev–Trinajstić information content (AvgIpc) is 2.37. The Labute approximate surface area is 114 Å². The van der Waals surface area contributed by atoms with E-state index in [2.05, 4.69) is 4.98 Å². The first kappa shape index (κ1) is 14.6. The van der Waals surface area contributed by atoms with Gasteiger partial charge in [0.05, 0.1) is 11.5 Å². The molecule has 0 aromatic carbocycles. The number of carboxylic acids is 1. The maximum absolute atomic E-state index is 13.0. The topological polar surface area (TPSA) is 53.4 Å². The summed E-state index contributed by atoms with van der Waals surface area (Å²) in [5.41, 5.74) is -0.777. The van der Waals surface area contributed by atoms with Gasteiger partial charge in [0.2, 0.25) is 0 Å². The van der Waals surface area contributed by atoms with E-state index in [-0.39, 0.29) is 18.4 Å². The fourth-order valence-corrected chi connectivity index (χ4v) is 2.56. The first-order valence-corrected chi connectivity index (χ1v) is 6.32. The van der Waals surface area contributed by atoms with Crippen LogP contribution in [-0.2, 0) is 11.0 Å². The molecule has 110 valence electrons. The Kier molecular flexibility index (Phi) is 3.87. The number of nitrogens with zero attached hydrogens (tertiary/aromatic N) is 2. The van der Waals surface area contributed by atoms with Gasteiger partial charge in [0.1, 0.15) is 5.82 Å². The van der Waals surface area contributed by atoms with Crippen molar-refractivity contribution in [1.82, 2.24) is 4.98 Å². The normalized spacial score (nSPS) is 23.7. The van der Waals surface area contributed by atoms with Crippen LogP contribution in [0.2, 0.25) is 0 Å². The van der Waals surface area contributed by atoms with E-state index in [0.717, 1.165) is 6.07 Å². The summed E-state index contributed by atoms with van der Waals surface area (Å²) in [7, 11) is 0. The van der Waals surface area contributed by atoms with Crippen molar-refractivity contribution in [2.75, 3.05) is 11.4 Å². The highest BCUT2D eigenvalue weighted by Crippen LogP contribution is 2.37. The monoisotopic (exact) mass is 288 g/mol. The number of carbonyl (C=O) groups is 1. The van der Waals surface area contributed by atoms with Crippen LogP contribution in [0, 0.1) is 5.92 Å². The number of halogens is 3. The molecule has 1 aliphatic rings. The average molecular weight is 288 g/mol. The number of anilines is 1. The maximum Gasteiger partial charge on any atom is 0.419 e. The van der Waals surface area contributed by atoms with Gasteiger partial charge in [0, 0.05) is 18.8 Å². The summed E-state index contributed by atoms with van der Waals surface area (Å²) in [5, 5.41) is 8.98. The molecule has 0 amide bonds. The van der Waals surface area contributed by atoms with Crippen molar-refractivity contribution < 1.29 is 23.1 Å². The zero-order chi connectivity index (χ0) is 14.9. The molecule has 2 heterocycles. The minimum Gasteiger partial charge on any atom is -0.481 e. The summed E-state index contributed by atoms with van der Waals surface area (Å²) in [6.07, 6.45) is -2.50. The molecule has 2 atom stereocenters. The summed E-state index contributed by atoms with van der Waals surface area (Å²) in [5.74, 6) is -1.51. The predicted molar refractivity (Wildman–Crippen MR) is 66.4 cm³/mol. The third-order valence-electron chi connectivity index (χ3n) is 3.59. The van der Waals surface area contributed by atoms with Crippen molar-refractivity contribution >= 4 is 11.8 Å². The molecule has 1 aromatic heterocycles. The highest BCUT2D eigenvalue weighted by Gasteiger charge is 2.38. The molecule has 1 aromatic rings. The summed E-state index contributed by atoms with van der Waals surface area (Å²) in [4.78, 5) is 16.3. The van der Waals surface area contributed by atoms with Crippen LogP contribution in [0.1, 0.15) is 25.3 Å². The van der Waals surface area contributed by atoms with Crippen molar-refractivity contribution in [2.24, 2.45) is 5.92 Å². The molecule has 4 nitrogen and oxygen atoms in total. The predicted octanol–water partition coefficient (Wildman–Crippen LogP) is 2.79. The zero-order valence-corrected chi connectivity index (χ0v) is 10.9. The molecule has 0 radical (unpaired) electrons. The quantitative estimate of drug-likeness (QED) is 0.909. The van der Waals surface area contributed by atoms with Gasteiger partial charge in [-0.25, -0.2) is 4.98 Å². The van der Waals surface area contributed by atoms with Crippen LogP contribution < -0.4 is 4.90 Å². The van der Waals surface area contributed by atoms with E-state index in [0.29, 0.717) is 12.8 Å². The Hall–Kier alpha value is -1.79. The van der Waals surface area contributed by atoms with Crippen LogP contribution in [0.3, 0.4) is 0 Å². The maximum atomic E-state index is 13.0. The number of aromatic nitrogens is 1. The van der Waals surface area contributed by atoms with Crippen molar-refractivity contribution in [3.63, 3.8) is 0 Å². The minimum atomic E-state index is -4.47. The number of hydrogen-bond donors (Lipinski definition) is 1. The van der Waals surface area contributed by atoms with E-state index in [9.17, 15) is 18.0 Å². The summed E-state index contributed by atoms with van der Waals surface area (Å²) < 4.78 is 38.9. The Morgan fingerprint density at radius 1 is 1.50 bits per heavy atom. The lowest BCUT2D eigenvalue weighted by Gasteiger charge is -2.38. The summed E-state index contributed by atoms with van der Waals surface area (Å²) in [6.45, 7) is 1.99. The minimum absolute atomic E-state index is 0.115. The molecule has 1 aliphatic heterocycles. The van der Waals surface area contributed by atoms with Crippen molar-refractivity contribution in [3.8, 4) is 0 Å². The van der Waals surface area contributed by atoms with Crippen LogP contribution in [-0.4, -0.2) is 28.6 Å². The van der Waals surface area contributed by atoms with Crippen LogP contribution in [0.25, 0.3) is 0 Å². The highest BCUT2D eigenvalue weighted by atomic mass is 19.4. The molecule has 2 rings (SSSR count). The van der Waals surface area contributed by atoms with E-state index in [4.69, 9.17) is 5.11 Å². The second kappa shape index (κ2) is 5.30. The van der Waals surface area contributed by atoms with Gasteiger partial charge in [-0.05, 0) is 31.9 Å². The van der Waals surface area contributed by atoms with Crippen LogP contribution in [0.5, 0.6) is 0 Å². The highest BCUT2D eigenvalue weighted by molar-refractivity contribution is 5.70. The van der Waals surface area contributed by atoms with Gasteiger partial charge in [-0.1, -0.05) is 0 Å². The molecule has 1 saturated heterocycles. The molecular weight excluding hydrogens is 273 g/mol. The third kappa shape index (κ3) is 2.86. The lowest BCUT2D eigenvalue weighted by Crippen LogP contribution is -2.44. The number of aliphatic carboxylic acids is 1. The molecule has 1 fully saturated rings. The molecule has 0 aliphatic carbocycles. The van der Waals surface area contributed by atoms with Gasteiger partial charge in [-0.3, -0.25) is 4.79 Å². The smallest absolute Gasteiger partial charge is 0.419 e. The van der Waals surface area contributed by atoms with Crippen LogP contribution >= 0.6 is 0 Å². The summed E-state index contributed by atoms with van der Waals surface area (Å²) in [6, 6.07) is 1.96. The van der Waals surface area contributed by atoms with Gasteiger partial charge in [0.25, 0.3) is 0 Å². The van der Waals surface area contributed by atoms with Crippen molar-refractivity contribution in [2.45, 2.75) is 32.0 Å². The third-order valence-corrected chi connectivity index (χ3v) is 3.59. The lowest BCUT2D eigenvalue weighted by atomic mass is 9.91. The van der Waals surface area contributed by atoms with Gasteiger partial charge < -0.3 is 10.0 Å². The number of pyridine rings is 1. The number of hydrogen-bond acceptors (Lipinski definition) is 3. The Balaban J connectivity index is 2.27. The number of alkyl halides is 3. The van der Waals surface area contributed by atoms with Crippen molar-refractivity contribution in [1.29, 1.82) is 0 Å². The molecule has 1 N–H and O–H groups in total. The molecular formula is C13H15F3N2O2. The first-order valence-electron chi connectivity index (χ1n) is 6.32. The lowest BCUT2D eigenvalue weighted by molar-refractivity contribution is -0.143. The van der Waals surface area contributed by atoms with Crippen LogP contribution in [0.15, 0.2) is 18.3 Å². The fourth-order valence-electron chi connectivity index (χ4n) is 2.56. The molecule has 0 bridgehead atoms. The second-order valence-electron chi connectivity index (χ2n) is 4.97. The van der Waals surface area contributed by atoms with Crippen molar-refractivity contribution in [3.05, 3.63) is 23.9 Å². The molecule has 0 spiro atoms. The van der Waals surface area contributed by atoms with Gasteiger partial charge in [0.15, 0.2) is 0 Å². The van der Waals surface area contributed by atoms with E-state index in [1.165, 1.54) is 12.3 Å². The Bertz CT molecular complexity index is 505. The zero-order valence-electron chi connectivity index (χ0n) is 10.9. The Morgan fingerprint density at radius 3 is 2.75 bits per heavy atom. The molecule has 2 unspecified atom stereocenters. The molecule has 20 heavy (non-hydrogen) atoms. The Morgan fingerprint density at radius 2 is 2.20 bits per heavy atom. The van der Waals surface area contributed by atoms with E-state index >= 15 is 0 Å². The number of piperidine rings is 1. The van der Waals surface area contributed by atoms with E-state index in [1.807, 2.05) is 0 Å². The largest absolute Gasteiger partial charge is 0.481 e. The second-order valence-corrected chi connectivity index (χ2v) is 4.97. The van der Waals surface area contributed by atoms with Gasteiger partial charge in [-0.2, -0.15) is 13.2 Å². The van der Waals surface area contributed by atoms with Gasteiger partial charge in [-0.15, -0.1) is 0 Å². The van der Waals surface area contributed by atoms with E-state index in [1.54, 1.807) is 11.8 Å². The molecule has 0 saturated carbocycles. The van der Waals surface area contributed by atoms with Crippen LogP contribution in [0.4, 0.5) is 19.0 Å². The molecule has 7 heteroatoms. The van der Waals surface area contributed by atoms with E-state index < -0.39 is 23.6 Å². The number of rotatable bonds is 2. The fraction of sp³-hybridized carbons (Fsp3) is 0.538. The first-order chi connectivity index (χ1) is 9.30. The summed E-state index contributed by atoms with van der Waals surface area (Å²) >= 11 is 0. The number of carboxylic acid groups (broad SMARTS) is 1.